The minimum atomic E-state index is -0.0739. The molecule has 30 rings (SSSR count). The number of thiophene rings is 1. The topological polar surface area (TPSA) is 118 Å². The van der Waals surface area contributed by atoms with Gasteiger partial charge in [-0.05, 0) is 183 Å². The maximum absolute atomic E-state index is 6.36. The van der Waals surface area contributed by atoms with E-state index >= 15 is 0 Å². The third-order valence-electron chi connectivity index (χ3n) is 29.6. The fourth-order valence-corrected chi connectivity index (χ4v) is 23.8. The van der Waals surface area contributed by atoms with Crippen LogP contribution in [0.2, 0.25) is 0 Å². The lowest BCUT2D eigenvalue weighted by Gasteiger charge is -2.23. The Kier molecular flexibility index (Phi) is 20.4. The molecule has 3 aliphatic rings. The highest BCUT2D eigenvalue weighted by molar-refractivity contribution is 7.26. The normalized spacial score (nSPS) is 13.4. The van der Waals surface area contributed by atoms with Crippen LogP contribution in [-0.2, 0) is 11.8 Å². The molecule has 0 bridgehead atoms. The third-order valence-corrected chi connectivity index (χ3v) is 30.8. The van der Waals surface area contributed by atoms with E-state index in [4.69, 9.17) is 39.3 Å². The van der Waals surface area contributed by atoms with E-state index in [0.29, 0.717) is 29.2 Å². The summed E-state index contributed by atoms with van der Waals surface area (Å²) in [6.45, 7) is 4.72. The highest BCUT2D eigenvalue weighted by Crippen LogP contribution is 2.56. The molecule has 0 aliphatic heterocycles. The van der Waals surface area contributed by atoms with Crippen molar-refractivity contribution in [3.63, 3.8) is 0 Å². The number of para-hydroxylation sites is 1. The van der Waals surface area contributed by atoms with E-state index in [0.717, 1.165) is 119 Å². The average molecular weight is 1890 g/mol. The number of nitrogens with zero attached hydrogens (tertiary/aromatic N) is 10. The van der Waals surface area contributed by atoms with Crippen LogP contribution in [0.3, 0.4) is 0 Å². The molecule has 0 radical (unpaired) electrons. The molecule has 1 unspecified atom stereocenters. The minimum absolute atomic E-state index is 0.0739. The summed E-state index contributed by atoms with van der Waals surface area (Å²) in [5.74, 6) is 3.75. The summed E-state index contributed by atoms with van der Waals surface area (Å²) in [6, 6.07) is 158. The molecule has 146 heavy (non-hydrogen) atoms. The van der Waals surface area contributed by atoms with Crippen LogP contribution in [0.25, 0.3) is 254 Å². The summed E-state index contributed by atoms with van der Waals surface area (Å²) in [5.41, 5.74) is 33.2. The SMILES string of the molecule is C1=CC2=Cc3c(c4c5c(ccc4n3-c3ccc(-c4nc(-c6ccccc6)cc(-c6ccccc6)n4)cc3)oc3ccccc35)CC2C=C1.CC1(C)c2ccccc2-c2c1ccc1c2c2c3ccccc3ccc2n1-c1ccc(-c2cc(-c3ccccc3)nc(-c3ccccc3)n2)cc1.c1ccc(-c2nc(-c3ccccc3)nc(-c3ccc(-n4c5ccc6sc7ccccc7c6c5c5ccc6ccccc6c54)cc3)n2)cc1. The van der Waals surface area contributed by atoms with Gasteiger partial charge in [-0.1, -0.05) is 366 Å². The van der Waals surface area contributed by atoms with Gasteiger partial charge in [0.25, 0.3) is 0 Å². The molecule has 19 aromatic carbocycles. The third kappa shape index (κ3) is 14.4. The van der Waals surface area contributed by atoms with Crippen LogP contribution in [-0.4, -0.2) is 48.6 Å². The molecule has 0 amide bonds. The number of hydrogen-bond donors (Lipinski definition) is 0. The van der Waals surface area contributed by atoms with E-state index in [1.165, 1.54) is 141 Å². The number of aromatic nitrogens is 10. The van der Waals surface area contributed by atoms with Crippen molar-refractivity contribution in [2.45, 2.75) is 25.7 Å². The first-order chi connectivity index (χ1) is 72.1. The van der Waals surface area contributed by atoms with E-state index in [-0.39, 0.29) is 5.41 Å². The second-order valence-electron chi connectivity index (χ2n) is 38.4. The Morgan fingerprint density at radius 2 is 0.712 bits per heavy atom. The van der Waals surface area contributed by atoms with Gasteiger partial charge < -0.3 is 18.1 Å². The first-order valence-electron chi connectivity index (χ1n) is 49.7. The van der Waals surface area contributed by atoms with E-state index < -0.39 is 0 Å². The molecule has 0 fully saturated rings. The van der Waals surface area contributed by atoms with Gasteiger partial charge in [-0.15, -0.1) is 11.3 Å². The Balaban J connectivity index is 0.000000106. The average Bonchev–Trinajstić information content (AvgIpc) is 1.51. The van der Waals surface area contributed by atoms with Gasteiger partial charge >= 0.3 is 0 Å². The number of fused-ring (bicyclic) bond motifs is 26. The molecular formula is C134H88N10OS. The zero-order valence-corrected chi connectivity index (χ0v) is 80.5. The first-order valence-corrected chi connectivity index (χ1v) is 50.5. The second-order valence-corrected chi connectivity index (χ2v) is 39.5. The predicted octanol–water partition coefficient (Wildman–Crippen LogP) is 34.5. The Hall–Kier alpha value is -18.8. The lowest BCUT2D eigenvalue weighted by molar-refractivity contribution is 0.661. The molecule has 8 aromatic heterocycles. The molecular weight excluding hydrogens is 1800 g/mol. The Morgan fingerprint density at radius 3 is 1.31 bits per heavy atom. The molecule has 0 saturated carbocycles. The molecule has 3 aliphatic carbocycles. The van der Waals surface area contributed by atoms with Gasteiger partial charge in [0.2, 0.25) is 0 Å². The van der Waals surface area contributed by atoms with Crippen LogP contribution in [0.1, 0.15) is 36.2 Å². The van der Waals surface area contributed by atoms with E-state index in [1.807, 2.05) is 139 Å². The summed E-state index contributed by atoms with van der Waals surface area (Å²) in [7, 11) is 0. The molecule has 686 valence electrons. The van der Waals surface area contributed by atoms with Crippen LogP contribution < -0.4 is 0 Å². The van der Waals surface area contributed by atoms with E-state index in [2.05, 4.69) is 379 Å². The van der Waals surface area contributed by atoms with Gasteiger partial charge in [0.15, 0.2) is 29.1 Å². The van der Waals surface area contributed by atoms with Crippen molar-refractivity contribution in [1.82, 2.24) is 48.6 Å². The summed E-state index contributed by atoms with van der Waals surface area (Å²) in [4.78, 5) is 35.0. The summed E-state index contributed by atoms with van der Waals surface area (Å²) in [5, 5.41) is 16.5. The molecule has 0 saturated heterocycles. The van der Waals surface area contributed by atoms with Gasteiger partial charge in [0, 0.05) is 142 Å². The van der Waals surface area contributed by atoms with Gasteiger partial charge in [-0.3, -0.25) is 0 Å². The van der Waals surface area contributed by atoms with Crippen LogP contribution >= 0.6 is 11.3 Å². The van der Waals surface area contributed by atoms with Crippen molar-refractivity contribution in [3.05, 3.63) is 501 Å². The van der Waals surface area contributed by atoms with Crippen LogP contribution in [0, 0.1) is 5.92 Å². The number of hydrogen-bond acceptors (Lipinski definition) is 9. The first kappa shape index (κ1) is 85.2. The molecule has 11 nitrogen and oxygen atoms in total. The molecule has 0 N–H and O–H groups in total. The fourth-order valence-electron chi connectivity index (χ4n) is 22.7. The zero-order chi connectivity index (χ0) is 96.6. The van der Waals surface area contributed by atoms with Crippen molar-refractivity contribution in [2.24, 2.45) is 5.92 Å². The molecule has 8 heterocycles. The lowest BCUT2D eigenvalue weighted by Crippen LogP contribution is -2.14. The van der Waals surface area contributed by atoms with Gasteiger partial charge in [-0.2, -0.15) is 0 Å². The summed E-state index contributed by atoms with van der Waals surface area (Å²) in [6.07, 6.45) is 12.2. The van der Waals surface area contributed by atoms with Crippen molar-refractivity contribution < 1.29 is 4.42 Å². The Morgan fingerprint density at radius 1 is 0.288 bits per heavy atom. The van der Waals surface area contributed by atoms with Crippen molar-refractivity contribution >= 4 is 136 Å². The fraction of sp³-hybridized carbons (Fsp3) is 0.0373. The van der Waals surface area contributed by atoms with Gasteiger partial charge in [0.05, 0.1) is 56.1 Å². The maximum atomic E-state index is 6.36. The minimum Gasteiger partial charge on any atom is -0.456 e. The van der Waals surface area contributed by atoms with Gasteiger partial charge in [0.1, 0.15) is 11.2 Å². The van der Waals surface area contributed by atoms with Crippen LogP contribution in [0.4, 0.5) is 0 Å². The second kappa shape index (κ2) is 34.9. The van der Waals surface area contributed by atoms with E-state index in [1.54, 1.807) is 0 Å². The Labute approximate surface area is 845 Å². The number of allylic oxidation sites excluding steroid dienone is 5. The molecule has 0 spiro atoms. The highest BCUT2D eigenvalue weighted by Gasteiger charge is 2.38. The number of benzene rings is 19. The molecule has 12 heteroatoms. The highest BCUT2D eigenvalue weighted by atomic mass is 32.1. The quantitative estimate of drug-likeness (QED) is 0.119. The zero-order valence-electron chi connectivity index (χ0n) is 79.7. The van der Waals surface area contributed by atoms with Crippen molar-refractivity contribution in [2.75, 3.05) is 0 Å². The van der Waals surface area contributed by atoms with Crippen molar-refractivity contribution in [1.29, 1.82) is 0 Å². The standard InChI is InChI=1S/C47H33N3.C44H29N3O.C43H26N4S/c1-47(2)37-20-12-11-19-36(37)43-38(47)26-28-42-45(43)44-35-18-10-9-13-30(35)23-27-41(44)50(42)34-24-21-32(22-25-34)40-29-39(31-14-5-3-6-15-31)48-46(49-40)33-16-7-4-8-17-33;1-3-11-28(12-4-1)36-27-37(29-13-5-2-6-14-29)46-44(45-36)30-19-21-33(22-20-30)47-38-23-24-41-43(34-17-9-10-18-40(34)48-41)42(38)35-25-31-15-7-8-16-32(31)26-39(35)47;1-3-12-28(13-4-1)41-44-42(29-14-5-2-6-15-29)46-43(45-41)30-19-22-31(23-20-30)47-35-25-26-37-39(33-17-9-10-18-36(33)48-37)38(35)34-24-21-27-11-7-8-16-32(27)40(34)47/h3-29H,1-2H3;1-24,26-27,31H,25H2;1-26H. The van der Waals surface area contributed by atoms with Gasteiger partial charge in [-0.25, -0.2) is 34.9 Å². The van der Waals surface area contributed by atoms with Crippen LogP contribution in [0.5, 0.6) is 0 Å². The molecule has 27 aromatic rings. The lowest BCUT2D eigenvalue weighted by atomic mass is 9.82. The monoisotopic (exact) mass is 1880 g/mol. The smallest absolute Gasteiger partial charge is 0.164 e. The number of furan rings is 1. The number of rotatable bonds is 12. The summed E-state index contributed by atoms with van der Waals surface area (Å²) < 4.78 is 16.3. The van der Waals surface area contributed by atoms with E-state index in [9.17, 15) is 0 Å². The van der Waals surface area contributed by atoms with Crippen LogP contribution in [0.15, 0.2) is 483 Å². The molecule has 1 atom stereocenters. The van der Waals surface area contributed by atoms with Crippen molar-refractivity contribution in [3.8, 4) is 130 Å². The largest absolute Gasteiger partial charge is 0.456 e. The predicted molar refractivity (Wildman–Crippen MR) is 605 cm³/mol. The maximum Gasteiger partial charge on any atom is 0.164 e. The Bertz CT molecular complexity index is 9850. The summed E-state index contributed by atoms with van der Waals surface area (Å²) >= 11 is 1.86.